The van der Waals surface area contributed by atoms with Gasteiger partial charge in [-0.15, -0.1) is 0 Å². The lowest BCUT2D eigenvalue weighted by atomic mass is 9.93. The molecule has 136 valence electrons. The SMILES string of the molecule is CCCCc1cc(CCCC)cc(-c2cc(CCCC)ccc2N)c1. The molecule has 0 aromatic heterocycles. The fourth-order valence-corrected chi connectivity index (χ4v) is 3.36. The van der Waals surface area contributed by atoms with Crippen molar-refractivity contribution in [1.29, 1.82) is 0 Å². The molecule has 0 fully saturated rings. The summed E-state index contributed by atoms with van der Waals surface area (Å²) in [6.07, 6.45) is 10.9. The summed E-state index contributed by atoms with van der Waals surface area (Å²) in [5.41, 5.74) is 14.1. The molecule has 0 bridgehead atoms. The summed E-state index contributed by atoms with van der Waals surface area (Å²) in [5.74, 6) is 0. The maximum atomic E-state index is 6.35. The predicted molar refractivity (Wildman–Crippen MR) is 112 cm³/mol. The van der Waals surface area contributed by atoms with Crippen molar-refractivity contribution in [2.45, 2.75) is 78.6 Å². The molecule has 0 unspecified atom stereocenters. The third kappa shape index (κ3) is 5.92. The van der Waals surface area contributed by atoms with Crippen LogP contribution in [0.4, 0.5) is 5.69 Å². The standard InChI is InChI=1S/C24H35N/c1-4-7-10-19-13-14-24(25)23(18-19)22-16-20(11-8-5-2)15-21(17-22)12-9-6-3/h13-18H,4-12,25H2,1-3H3. The Bertz CT molecular complexity index is 631. The van der Waals surface area contributed by atoms with E-state index >= 15 is 0 Å². The van der Waals surface area contributed by atoms with Gasteiger partial charge in [0.15, 0.2) is 0 Å². The van der Waals surface area contributed by atoms with E-state index < -0.39 is 0 Å². The van der Waals surface area contributed by atoms with Gasteiger partial charge in [0.25, 0.3) is 0 Å². The maximum Gasteiger partial charge on any atom is 0.0393 e. The van der Waals surface area contributed by atoms with Crippen LogP contribution >= 0.6 is 0 Å². The van der Waals surface area contributed by atoms with Crippen LogP contribution in [-0.2, 0) is 19.3 Å². The lowest BCUT2D eigenvalue weighted by molar-refractivity contribution is 0.781. The average Bonchev–Trinajstić information content (AvgIpc) is 2.63. The van der Waals surface area contributed by atoms with Crippen LogP contribution in [0.2, 0.25) is 0 Å². The number of nitrogen functional groups attached to an aromatic ring is 1. The van der Waals surface area contributed by atoms with Gasteiger partial charge in [0.05, 0.1) is 0 Å². The van der Waals surface area contributed by atoms with E-state index in [0.29, 0.717) is 0 Å². The molecule has 2 aromatic carbocycles. The summed E-state index contributed by atoms with van der Waals surface area (Å²) in [5, 5.41) is 0. The van der Waals surface area contributed by atoms with E-state index in [1.807, 2.05) is 0 Å². The van der Waals surface area contributed by atoms with Crippen LogP contribution in [0.15, 0.2) is 36.4 Å². The van der Waals surface area contributed by atoms with E-state index in [9.17, 15) is 0 Å². The van der Waals surface area contributed by atoms with Crippen LogP contribution < -0.4 is 5.73 Å². The molecule has 0 aliphatic rings. The Balaban J connectivity index is 2.38. The smallest absolute Gasteiger partial charge is 0.0393 e. The quantitative estimate of drug-likeness (QED) is 0.466. The van der Waals surface area contributed by atoms with Crippen LogP contribution in [0.1, 0.15) is 76.0 Å². The number of unbranched alkanes of at least 4 members (excludes halogenated alkanes) is 3. The fourth-order valence-electron chi connectivity index (χ4n) is 3.36. The average molecular weight is 338 g/mol. The van der Waals surface area contributed by atoms with Crippen molar-refractivity contribution in [3.8, 4) is 11.1 Å². The molecule has 0 aliphatic heterocycles. The van der Waals surface area contributed by atoms with E-state index in [-0.39, 0.29) is 0 Å². The largest absolute Gasteiger partial charge is 0.398 e. The molecule has 0 spiro atoms. The molecular formula is C24H35N. The maximum absolute atomic E-state index is 6.35. The molecule has 0 saturated carbocycles. The monoisotopic (exact) mass is 337 g/mol. The zero-order valence-electron chi connectivity index (χ0n) is 16.4. The molecule has 0 aliphatic carbocycles. The van der Waals surface area contributed by atoms with Crippen molar-refractivity contribution in [2.24, 2.45) is 0 Å². The second-order valence-electron chi connectivity index (χ2n) is 7.27. The Hall–Kier alpha value is -1.76. The van der Waals surface area contributed by atoms with Gasteiger partial charge in [-0.1, -0.05) is 64.3 Å². The minimum Gasteiger partial charge on any atom is -0.398 e. The third-order valence-electron chi connectivity index (χ3n) is 4.94. The van der Waals surface area contributed by atoms with Crippen LogP contribution in [0.5, 0.6) is 0 Å². The molecule has 0 atom stereocenters. The number of aryl methyl sites for hydroxylation is 3. The zero-order valence-corrected chi connectivity index (χ0v) is 16.4. The first-order valence-corrected chi connectivity index (χ1v) is 10.2. The molecule has 25 heavy (non-hydrogen) atoms. The molecule has 0 amide bonds. The Morgan fingerprint density at radius 1 is 0.640 bits per heavy atom. The van der Waals surface area contributed by atoms with Gasteiger partial charge in [0.1, 0.15) is 0 Å². The van der Waals surface area contributed by atoms with Gasteiger partial charge in [-0.05, 0) is 72.9 Å². The highest BCUT2D eigenvalue weighted by molar-refractivity contribution is 5.77. The van der Waals surface area contributed by atoms with E-state index in [2.05, 4.69) is 57.2 Å². The second kappa shape index (κ2) is 10.3. The van der Waals surface area contributed by atoms with Gasteiger partial charge < -0.3 is 5.73 Å². The van der Waals surface area contributed by atoms with E-state index in [4.69, 9.17) is 5.73 Å². The van der Waals surface area contributed by atoms with Gasteiger partial charge in [-0.2, -0.15) is 0 Å². The third-order valence-corrected chi connectivity index (χ3v) is 4.94. The predicted octanol–water partition coefficient (Wildman–Crippen LogP) is 6.96. The minimum absolute atomic E-state index is 0.898. The highest BCUT2D eigenvalue weighted by atomic mass is 14.6. The summed E-state index contributed by atoms with van der Waals surface area (Å²) in [6, 6.07) is 13.7. The van der Waals surface area contributed by atoms with E-state index in [0.717, 1.165) is 12.1 Å². The van der Waals surface area contributed by atoms with Gasteiger partial charge >= 0.3 is 0 Å². The van der Waals surface area contributed by atoms with Crippen molar-refractivity contribution >= 4 is 5.69 Å². The highest BCUT2D eigenvalue weighted by Gasteiger charge is 2.08. The topological polar surface area (TPSA) is 26.0 Å². The Kier molecular flexibility index (Phi) is 8.04. The van der Waals surface area contributed by atoms with Crippen LogP contribution in [0.3, 0.4) is 0 Å². The van der Waals surface area contributed by atoms with E-state index in [1.54, 1.807) is 0 Å². The van der Waals surface area contributed by atoms with Crippen molar-refractivity contribution in [2.75, 3.05) is 5.73 Å². The van der Waals surface area contributed by atoms with Crippen molar-refractivity contribution < 1.29 is 0 Å². The minimum atomic E-state index is 0.898. The summed E-state index contributed by atoms with van der Waals surface area (Å²) in [6.45, 7) is 6.77. The molecule has 0 heterocycles. The molecule has 0 radical (unpaired) electrons. The van der Waals surface area contributed by atoms with Crippen molar-refractivity contribution in [3.05, 3.63) is 53.1 Å². The Morgan fingerprint density at radius 2 is 1.16 bits per heavy atom. The molecule has 2 rings (SSSR count). The van der Waals surface area contributed by atoms with Gasteiger partial charge in [0, 0.05) is 11.3 Å². The van der Waals surface area contributed by atoms with Crippen LogP contribution in [-0.4, -0.2) is 0 Å². The van der Waals surface area contributed by atoms with Gasteiger partial charge in [0.2, 0.25) is 0 Å². The number of benzene rings is 2. The van der Waals surface area contributed by atoms with Crippen molar-refractivity contribution in [1.82, 2.24) is 0 Å². The number of nitrogens with two attached hydrogens (primary N) is 1. The lowest BCUT2D eigenvalue weighted by Crippen LogP contribution is -1.96. The molecule has 1 heteroatoms. The summed E-state index contributed by atoms with van der Waals surface area (Å²) in [7, 11) is 0. The summed E-state index contributed by atoms with van der Waals surface area (Å²) < 4.78 is 0. The molecular weight excluding hydrogens is 302 g/mol. The molecule has 0 saturated heterocycles. The van der Waals surface area contributed by atoms with Crippen LogP contribution in [0.25, 0.3) is 11.1 Å². The zero-order chi connectivity index (χ0) is 18.1. The Labute approximate surface area is 154 Å². The molecule has 2 N–H and O–H groups in total. The van der Waals surface area contributed by atoms with Gasteiger partial charge in [-0.25, -0.2) is 0 Å². The first-order valence-electron chi connectivity index (χ1n) is 10.2. The van der Waals surface area contributed by atoms with E-state index in [1.165, 1.54) is 79.2 Å². The highest BCUT2D eigenvalue weighted by Crippen LogP contribution is 2.30. The number of hydrogen-bond donors (Lipinski definition) is 1. The fraction of sp³-hybridized carbons (Fsp3) is 0.500. The number of rotatable bonds is 10. The molecule has 1 nitrogen and oxygen atoms in total. The van der Waals surface area contributed by atoms with Crippen LogP contribution in [0, 0.1) is 0 Å². The normalized spacial score (nSPS) is 11.0. The lowest BCUT2D eigenvalue weighted by Gasteiger charge is -2.13. The summed E-state index contributed by atoms with van der Waals surface area (Å²) >= 11 is 0. The summed E-state index contributed by atoms with van der Waals surface area (Å²) in [4.78, 5) is 0. The number of anilines is 1. The number of hydrogen-bond acceptors (Lipinski definition) is 1. The van der Waals surface area contributed by atoms with Crippen molar-refractivity contribution in [3.63, 3.8) is 0 Å². The van der Waals surface area contributed by atoms with Gasteiger partial charge in [-0.3, -0.25) is 0 Å². The second-order valence-corrected chi connectivity index (χ2v) is 7.27. The first-order chi connectivity index (χ1) is 12.2. The molecule has 2 aromatic rings. The first kappa shape index (κ1) is 19.6. The Morgan fingerprint density at radius 3 is 1.68 bits per heavy atom.